The molecule has 0 aliphatic heterocycles. The smallest absolute Gasteiger partial charge is 0.145 e. The lowest BCUT2D eigenvalue weighted by Gasteiger charge is -2.14. The fourth-order valence-corrected chi connectivity index (χ4v) is 4.59. The quantitative estimate of drug-likeness (QED) is 0.266. The number of nitrogens with zero attached hydrogens (tertiary/aromatic N) is 3. The van der Waals surface area contributed by atoms with Gasteiger partial charge in [0.2, 0.25) is 0 Å². The molecule has 2 heterocycles. The van der Waals surface area contributed by atoms with Crippen LogP contribution in [0.3, 0.4) is 0 Å². The van der Waals surface area contributed by atoms with Gasteiger partial charge in [0.15, 0.2) is 0 Å². The van der Waals surface area contributed by atoms with Crippen molar-refractivity contribution in [2.45, 2.75) is 26.4 Å². The summed E-state index contributed by atoms with van der Waals surface area (Å²) in [4.78, 5) is 9.17. The average Bonchev–Trinajstić information content (AvgIpc) is 3.30. The Labute approximate surface area is 209 Å². The molecule has 1 N–H and O–H groups in total. The largest absolute Gasteiger partial charge is 0.426 e. The van der Waals surface area contributed by atoms with Crippen molar-refractivity contribution >= 4 is 22.8 Å². The fourth-order valence-electron chi connectivity index (χ4n) is 4.30. The molecule has 0 atom stereocenters. The minimum atomic E-state index is -1.07. The minimum Gasteiger partial charge on any atom is -0.426 e. The van der Waals surface area contributed by atoms with Crippen LogP contribution in [0.4, 0.5) is 0 Å². The summed E-state index contributed by atoms with van der Waals surface area (Å²) in [5.41, 5.74) is 4.84. The number of aliphatic hydroxyl groups is 1. The summed E-state index contributed by atoms with van der Waals surface area (Å²) in [5, 5.41) is 12.9. The van der Waals surface area contributed by atoms with Gasteiger partial charge in [-0.3, -0.25) is 9.55 Å². The number of imidazole rings is 1. The van der Waals surface area contributed by atoms with Crippen LogP contribution < -0.4 is 4.18 Å². The van der Waals surface area contributed by atoms with Crippen LogP contribution in [-0.4, -0.2) is 25.9 Å². The van der Waals surface area contributed by atoms with Gasteiger partial charge in [-0.25, -0.2) is 4.98 Å². The Morgan fingerprint density at radius 3 is 2.54 bits per heavy atom. The Morgan fingerprint density at radius 1 is 0.971 bits per heavy atom. The second kappa shape index (κ2) is 9.21. The fraction of sp³-hybridized carbons (Fsp3) is 0.172. The van der Waals surface area contributed by atoms with Gasteiger partial charge >= 0.3 is 0 Å². The summed E-state index contributed by atoms with van der Waals surface area (Å²) in [6.45, 7) is 5.62. The van der Waals surface area contributed by atoms with Gasteiger partial charge in [0.1, 0.15) is 17.2 Å². The maximum atomic E-state index is 10.8. The second-order valence-electron chi connectivity index (χ2n) is 9.06. The molecule has 35 heavy (non-hydrogen) atoms. The van der Waals surface area contributed by atoms with E-state index < -0.39 is 5.60 Å². The monoisotopic (exact) mass is 481 g/mol. The summed E-state index contributed by atoms with van der Waals surface area (Å²) >= 11 is 1.33. The molecule has 0 bridgehead atoms. The minimum absolute atomic E-state index is 0.615. The van der Waals surface area contributed by atoms with Gasteiger partial charge < -0.3 is 9.29 Å². The van der Waals surface area contributed by atoms with Crippen molar-refractivity contribution in [1.29, 1.82) is 0 Å². The van der Waals surface area contributed by atoms with E-state index in [1.165, 1.54) is 12.0 Å². The Kier molecular flexibility index (Phi) is 6.09. The zero-order valence-electron chi connectivity index (χ0n) is 20.2. The van der Waals surface area contributed by atoms with E-state index in [1.54, 1.807) is 20.0 Å². The highest BCUT2D eigenvalue weighted by molar-refractivity contribution is 7.94. The lowest BCUT2D eigenvalue weighted by atomic mass is 10.0. The summed E-state index contributed by atoms with van der Waals surface area (Å²) in [7, 11) is 0. The SMILES string of the molecule is CSOc1cccc(-c2ccc(-n3cc(C(C)(C)O)nc3-c3cccc4cnccc34)c(C)c2)c1. The normalized spacial score (nSPS) is 11.7. The molecule has 0 fully saturated rings. The number of benzene rings is 3. The van der Waals surface area contributed by atoms with E-state index in [2.05, 4.69) is 46.8 Å². The van der Waals surface area contributed by atoms with Crippen LogP contribution in [-0.2, 0) is 5.60 Å². The van der Waals surface area contributed by atoms with Gasteiger partial charge in [0.05, 0.1) is 23.4 Å². The third-order valence-electron chi connectivity index (χ3n) is 6.06. The molecule has 0 aliphatic rings. The summed E-state index contributed by atoms with van der Waals surface area (Å²) in [6, 6.07) is 22.6. The Hall–Kier alpha value is -3.61. The molecule has 0 amide bonds. The highest BCUT2D eigenvalue weighted by atomic mass is 32.2. The molecule has 6 heteroatoms. The molecule has 5 rings (SSSR count). The molecule has 3 aromatic carbocycles. The molecule has 0 aliphatic carbocycles. The van der Waals surface area contributed by atoms with E-state index in [9.17, 15) is 5.11 Å². The van der Waals surface area contributed by atoms with E-state index >= 15 is 0 Å². The lowest BCUT2D eigenvalue weighted by molar-refractivity contribution is 0.0743. The first-order chi connectivity index (χ1) is 16.8. The lowest BCUT2D eigenvalue weighted by Crippen LogP contribution is -2.15. The van der Waals surface area contributed by atoms with Crippen LogP contribution in [0.5, 0.6) is 5.75 Å². The molecule has 0 unspecified atom stereocenters. The standard InChI is InChI=1S/C29H27N3O2S/c1-19-15-21(20-7-5-9-23(16-20)34-35-4)11-12-26(19)32-18-27(29(2,3)33)31-28(32)25-10-6-8-22-17-30-14-13-24(22)25/h5-18,33H,1-4H3. The predicted molar refractivity (Wildman–Crippen MR) is 144 cm³/mol. The van der Waals surface area contributed by atoms with E-state index in [0.717, 1.165) is 50.3 Å². The van der Waals surface area contributed by atoms with Gasteiger partial charge in [0, 0.05) is 35.8 Å². The number of aromatic nitrogens is 3. The number of aryl methyl sites for hydroxylation is 1. The third-order valence-corrected chi connectivity index (χ3v) is 6.42. The van der Waals surface area contributed by atoms with Gasteiger partial charge in [-0.15, -0.1) is 0 Å². The Bertz CT molecular complexity index is 1510. The summed E-state index contributed by atoms with van der Waals surface area (Å²) in [5.74, 6) is 1.61. The first kappa shape index (κ1) is 23.1. The van der Waals surface area contributed by atoms with Gasteiger partial charge in [0.25, 0.3) is 0 Å². The maximum absolute atomic E-state index is 10.8. The zero-order valence-corrected chi connectivity index (χ0v) is 21.0. The Balaban J connectivity index is 1.66. The molecule has 0 radical (unpaired) electrons. The number of hydrogen-bond acceptors (Lipinski definition) is 5. The molecular formula is C29H27N3O2S. The molecule has 0 saturated heterocycles. The summed E-state index contributed by atoms with van der Waals surface area (Å²) < 4.78 is 7.68. The van der Waals surface area contributed by atoms with Crippen LogP contribution >= 0.6 is 12.0 Å². The van der Waals surface area contributed by atoms with Crippen molar-refractivity contribution in [3.63, 3.8) is 0 Å². The molecule has 176 valence electrons. The number of fused-ring (bicyclic) bond motifs is 1. The van der Waals surface area contributed by atoms with Gasteiger partial charge in [-0.2, -0.15) is 0 Å². The molecular weight excluding hydrogens is 454 g/mol. The number of pyridine rings is 1. The van der Waals surface area contributed by atoms with Crippen molar-refractivity contribution in [3.8, 4) is 34.0 Å². The van der Waals surface area contributed by atoms with Crippen molar-refractivity contribution in [2.75, 3.05) is 6.26 Å². The molecule has 0 saturated carbocycles. The molecule has 5 nitrogen and oxygen atoms in total. The first-order valence-corrected chi connectivity index (χ1v) is 12.6. The molecule has 0 spiro atoms. The zero-order chi connectivity index (χ0) is 24.6. The van der Waals surface area contributed by atoms with Gasteiger partial charge in [-0.05, 0) is 73.2 Å². The highest BCUT2D eigenvalue weighted by Crippen LogP contribution is 2.34. The van der Waals surface area contributed by atoms with Crippen LogP contribution in [0.1, 0.15) is 25.1 Å². The molecule has 5 aromatic rings. The molecule has 2 aromatic heterocycles. The topological polar surface area (TPSA) is 60.2 Å². The van der Waals surface area contributed by atoms with Crippen LogP contribution in [0.15, 0.2) is 85.3 Å². The van der Waals surface area contributed by atoms with Crippen molar-refractivity contribution in [1.82, 2.24) is 14.5 Å². The van der Waals surface area contributed by atoms with E-state index in [1.807, 2.05) is 55.0 Å². The second-order valence-corrected chi connectivity index (χ2v) is 9.56. The predicted octanol–water partition coefficient (Wildman–Crippen LogP) is 6.95. The van der Waals surface area contributed by atoms with Gasteiger partial charge in [-0.1, -0.05) is 36.4 Å². The first-order valence-electron chi connectivity index (χ1n) is 11.4. The van der Waals surface area contributed by atoms with Crippen LogP contribution in [0, 0.1) is 6.92 Å². The van der Waals surface area contributed by atoms with Crippen molar-refractivity contribution in [2.24, 2.45) is 0 Å². The van der Waals surface area contributed by atoms with E-state index in [0.29, 0.717) is 5.69 Å². The Morgan fingerprint density at radius 2 is 1.77 bits per heavy atom. The number of rotatable bonds is 6. The van der Waals surface area contributed by atoms with E-state index in [4.69, 9.17) is 9.17 Å². The van der Waals surface area contributed by atoms with E-state index in [-0.39, 0.29) is 0 Å². The van der Waals surface area contributed by atoms with Crippen molar-refractivity contribution < 1.29 is 9.29 Å². The average molecular weight is 482 g/mol. The van der Waals surface area contributed by atoms with Crippen LogP contribution in [0.25, 0.3) is 39.0 Å². The maximum Gasteiger partial charge on any atom is 0.145 e. The number of hydrogen-bond donors (Lipinski definition) is 1. The van der Waals surface area contributed by atoms with Crippen molar-refractivity contribution in [3.05, 3.63) is 96.6 Å². The third kappa shape index (κ3) is 4.55. The summed E-state index contributed by atoms with van der Waals surface area (Å²) in [6.07, 6.45) is 7.50. The highest BCUT2D eigenvalue weighted by Gasteiger charge is 2.24. The van der Waals surface area contributed by atoms with Crippen LogP contribution in [0.2, 0.25) is 0 Å².